The van der Waals surface area contributed by atoms with E-state index in [1.807, 2.05) is 4.90 Å². The zero-order valence-electron chi connectivity index (χ0n) is 11.8. The molecule has 1 aromatic carbocycles. The first kappa shape index (κ1) is 13.7. The van der Waals surface area contributed by atoms with Gasteiger partial charge in [-0.05, 0) is 25.0 Å². The van der Waals surface area contributed by atoms with Crippen LogP contribution in [0.3, 0.4) is 0 Å². The molecule has 2 fully saturated rings. The Morgan fingerprint density at radius 1 is 1.10 bits per heavy atom. The van der Waals surface area contributed by atoms with Gasteiger partial charge in [0.25, 0.3) is 5.91 Å². The van der Waals surface area contributed by atoms with Gasteiger partial charge in [0.15, 0.2) is 5.75 Å². The lowest BCUT2D eigenvalue weighted by atomic mass is 10.1. The van der Waals surface area contributed by atoms with E-state index in [0.717, 1.165) is 12.8 Å². The monoisotopic (exact) mass is 289 g/mol. The van der Waals surface area contributed by atoms with Crippen molar-refractivity contribution in [1.82, 2.24) is 9.80 Å². The fraction of sp³-hybridized carbons (Fsp3) is 0.467. The number of amides is 2. The molecule has 1 aromatic rings. The fourth-order valence-electron chi connectivity index (χ4n) is 2.62. The van der Waals surface area contributed by atoms with E-state index in [1.165, 1.54) is 0 Å². The second-order valence-corrected chi connectivity index (χ2v) is 5.64. The third kappa shape index (κ3) is 2.66. The molecule has 1 aliphatic carbocycles. The molecular weight excluding hydrogens is 270 g/mol. The van der Waals surface area contributed by atoms with Crippen molar-refractivity contribution in [3.63, 3.8) is 0 Å². The number of piperazine rings is 1. The Morgan fingerprint density at radius 2 is 1.71 bits per heavy atom. The van der Waals surface area contributed by atoms with Crippen molar-refractivity contribution in [2.75, 3.05) is 31.9 Å². The smallest absolute Gasteiger partial charge is 0.257 e. The minimum atomic E-state index is -0.238. The number of para-hydroxylation sites is 1. The number of rotatable bonds is 2. The molecule has 0 unspecified atom stereocenters. The van der Waals surface area contributed by atoms with Crippen LogP contribution in [0, 0.1) is 5.92 Å². The highest BCUT2D eigenvalue weighted by molar-refractivity contribution is 5.98. The van der Waals surface area contributed by atoms with E-state index < -0.39 is 0 Å². The van der Waals surface area contributed by atoms with Crippen LogP contribution < -0.4 is 5.73 Å². The molecule has 1 saturated carbocycles. The maximum absolute atomic E-state index is 12.4. The molecule has 0 radical (unpaired) electrons. The lowest BCUT2D eigenvalue weighted by Gasteiger charge is -2.35. The molecule has 3 rings (SSSR count). The highest BCUT2D eigenvalue weighted by Crippen LogP contribution is 2.31. The summed E-state index contributed by atoms with van der Waals surface area (Å²) in [7, 11) is 0. The van der Waals surface area contributed by atoms with Gasteiger partial charge in [-0.1, -0.05) is 6.07 Å². The normalized spacial score (nSPS) is 18.7. The summed E-state index contributed by atoms with van der Waals surface area (Å²) >= 11 is 0. The molecular formula is C15H19N3O3. The number of phenolic OH excluding ortho intramolecular Hbond substituents is 1. The van der Waals surface area contributed by atoms with E-state index in [-0.39, 0.29) is 34.7 Å². The maximum Gasteiger partial charge on any atom is 0.257 e. The molecule has 1 saturated heterocycles. The van der Waals surface area contributed by atoms with Crippen LogP contribution in [-0.2, 0) is 4.79 Å². The third-order valence-corrected chi connectivity index (χ3v) is 4.10. The summed E-state index contributed by atoms with van der Waals surface area (Å²) in [5.41, 5.74) is 6.03. The summed E-state index contributed by atoms with van der Waals surface area (Å²) in [6.07, 6.45) is 1.99. The van der Waals surface area contributed by atoms with Gasteiger partial charge in [-0.25, -0.2) is 0 Å². The summed E-state index contributed by atoms with van der Waals surface area (Å²) in [6, 6.07) is 4.77. The van der Waals surface area contributed by atoms with Gasteiger partial charge in [-0.3, -0.25) is 9.59 Å². The van der Waals surface area contributed by atoms with Crippen LogP contribution in [0.2, 0.25) is 0 Å². The van der Waals surface area contributed by atoms with E-state index in [4.69, 9.17) is 5.73 Å². The Kier molecular flexibility index (Phi) is 3.45. The third-order valence-electron chi connectivity index (χ3n) is 4.10. The van der Waals surface area contributed by atoms with Crippen LogP contribution in [0.25, 0.3) is 0 Å². The lowest BCUT2D eigenvalue weighted by Crippen LogP contribution is -2.51. The van der Waals surface area contributed by atoms with Gasteiger partial charge >= 0.3 is 0 Å². The Hall–Kier alpha value is -2.24. The Morgan fingerprint density at radius 3 is 2.33 bits per heavy atom. The molecule has 0 atom stereocenters. The Balaban J connectivity index is 1.64. The standard InChI is InChI=1S/C15H19N3O3/c16-12-3-1-2-11(13(12)19)15(21)18-8-6-17(7-9-18)14(20)10-4-5-10/h1-3,10,19H,4-9,16H2. The molecule has 0 bridgehead atoms. The van der Waals surface area contributed by atoms with Crippen LogP contribution in [0.5, 0.6) is 5.75 Å². The number of aromatic hydroxyl groups is 1. The van der Waals surface area contributed by atoms with E-state index >= 15 is 0 Å². The predicted molar refractivity (Wildman–Crippen MR) is 77.7 cm³/mol. The van der Waals surface area contributed by atoms with Gasteiger partial charge in [0.1, 0.15) is 0 Å². The van der Waals surface area contributed by atoms with Crippen molar-refractivity contribution in [1.29, 1.82) is 0 Å². The van der Waals surface area contributed by atoms with Crippen molar-refractivity contribution >= 4 is 17.5 Å². The van der Waals surface area contributed by atoms with Gasteiger partial charge in [-0.15, -0.1) is 0 Å². The minimum Gasteiger partial charge on any atom is -0.505 e. The summed E-state index contributed by atoms with van der Waals surface area (Å²) in [5, 5.41) is 9.88. The Bertz CT molecular complexity index is 576. The highest BCUT2D eigenvalue weighted by Gasteiger charge is 2.35. The second kappa shape index (κ2) is 5.27. The molecule has 1 aliphatic heterocycles. The molecule has 1 heterocycles. The van der Waals surface area contributed by atoms with Gasteiger partial charge < -0.3 is 20.6 Å². The maximum atomic E-state index is 12.4. The molecule has 0 aromatic heterocycles. The van der Waals surface area contributed by atoms with E-state index in [2.05, 4.69) is 0 Å². The van der Waals surface area contributed by atoms with Gasteiger partial charge in [0, 0.05) is 32.1 Å². The largest absolute Gasteiger partial charge is 0.505 e. The Labute approximate surface area is 123 Å². The van der Waals surface area contributed by atoms with Crippen molar-refractivity contribution in [2.45, 2.75) is 12.8 Å². The molecule has 0 spiro atoms. The summed E-state index contributed by atoms with van der Waals surface area (Å²) < 4.78 is 0. The topological polar surface area (TPSA) is 86.9 Å². The molecule has 6 heteroatoms. The first-order valence-corrected chi connectivity index (χ1v) is 7.23. The van der Waals surface area contributed by atoms with E-state index in [9.17, 15) is 14.7 Å². The average Bonchev–Trinajstić information content (AvgIpc) is 3.33. The van der Waals surface area contributed by atoms with Crippen LogP contribution in [0.15, 0.2) is 18.2 Å². The van der Waals surface area contributed by atoms with E-state index in [0.29, 0.717) is 26.2 Å². The number of carbonyl (C=O) groups is 2. The fourth-order valence-corrected chi connectivity index (χ4v) is 2.62. The zero-order valence-corrected chi connectivity index (χ0v) is 11.8. The van der Waals surface area contributed by atoms with Crippen molar-refractivity contribution in [3.8, 4) is 5.75 Å². The van der Waals surface area contributed by atoms with Crippen molar-refractivity contribution in [3.05, 3.63) is 23.8 Å². The molecule has 21 heavy (non-hydrogen) atoms. The molecule has 2 aliphatic rings. The zero-order chi connectivity index (χ0) is 15.0. The van der Waals surface area contributed by atoms with Crippen LogP contribution in [0.1, 0.15) is 23.2 Å². The van der Waals surface area contributed by atoms with Gasteiger partial charge in [0.05, 0.1) is 11.3 Å². The first-order chi connectivity index (χ1) is 10.1. The van der Waals surface area contributed by atoms with Crippen LogP contribution in [0.4, 0.5) is 5.69 Å². The summed E-state index contributed by atoms with van der Waals surface area (Å²) in [4.78, 5) is 27.9. The van der Waals surface area contributed by atoms with E-state index in [1.54, 1.807) is 23.1 Å². The van der Waals surface area contributed by atoms with Crippen LogP contribution in [-0.4, -0.2) is 52.9 Å². The molecule has 3 N–H and O–H groups in total. The van der Waals surface area contributed by atoms with Crippen molar-refractivity contribution in [2.24, 2.45) is 5.92 Å². The number of nitrogen functional groups attached to an aromatic ring is 1. The first-order valence-electron chi connectivity index (χ1n) is 7.23. The SMILES string of the molecule is Nc1cccc(C(=O)N2CCN(C(=O)C3CC3)CC2)c1O. The van der Waals surface area contributed by atoms with Gasteiger partial charge in [-0.2, -0.15) is 0 Å². The number of nitrogens with zero attached hydrogens (tertiary/aromatic N) is 2. The van der Waals surface area contributed by atoms with Crippen molar-refractivity contribution < 1.29 is 14.7 Å². The van der Waals surface area contributed by atoms with Gasteiger partial charge in [0.2, 0.25) is 5.91 Å². The number of nitrogens with two attached hydrogens (primary N) is 1. The minimum absolute atomic E-state index is 0.168. The average molecular weight is 289 g/mol. The molecule has 6 nitrogen and oxygen atoms in total. The molecule has 112 valence electrons. The predicted octanol–water partition coefficient (Wildman–Crippen LogP) is 0.669. The molecule has 2 amide bonds. The second-order valence-electron chi connectivity index (χ2n) is 5.64. The number of hydrogen-bond acceptors (Lipinski definition) is 4. The summed E-state index contributed by atoms with van der Waals surface area (Å²) in [5.74, 6) is 0.0245. The van der Waals surface area contributed by atoms with Crippen LogP contribution >= 0.6 is 0 Å². The number of carbonyl (C=O) groups excluding carboxylic acids is 2. The number of anilines is 1. The summed E-state index contributed by atoms with van der Waals surface area (Å²) in [6.45, 7) is 2.10. The highest BCUT2D eigenvalue weighted by atomic mass is 16.3. The number of hydrogen-bond donors (Lipinski definition) is 2. The lowest BCUT2D eigenvalue weighted by molar-refractivity contribution is -0.134. The number of benzene rings is 1. The number of phenols is 1. The quantitative estimate of drug-likeness (QED) is 0.619.